The molecule has 0 aliphatic heterocycles. The van der Waals surface area contributed by atoms with E-state index < -0.39 is 0 Å². The lowest BCUT2D eigenvalue weighted by Crippen LogP contribution is -1.95. The standard InChI is InChI=1S/C31H20N2/c1-19-31(23-6-3-2-4-7-23)33-27-17-14-24(18-28(27)32-19)25-15-12-22-11-10-20-8-5-9-21-13-16-26(25)30(22)29(20)21/h2-18H,1H3. The molecule has 0 unspecified atom stereocenters. The molecular formula is C31H20N2. The van der Waals surface area contributed by atoms with Crippen LogP contribution in [0.2, 0.25) is 0 Å². The van der Waals surface area contributed by atoms with Crippen molar-refractivity contribution in [1.29, 1.82) is 0 Å². The van der Waals surface area contributed by atoms with Crippen LogP contribution >= 0.6 is 0 Å². The van der Waals surface area contributed by atoms with Gasteiger partial charge in [0.05, 0.1) is 22.4 Å². The average molecular weight is 421 g/mol. The molecule has 0 N–H and O–H groups in total. The van der Waals surface area contributed by atoms with Crippen LogP contribution in [0.3, 0.4) is 0 Å². The van der Waals surface area contributed by atoms with E-state index in [4.69, 9.17) is 9.97 Å². The SMILES string of the molecule is Cc1nc2cc(-c3ccc4ccc5cccc6ccc3c4c56)ccc2nc1-c1ccccc1. The minimum absolute atomic E-state index is 0.918. The molecule has 7 aromatic rings. The summed E-state index contributed by atoms with van der Waals surface area (Å²) in [7, 11) is 0. The van der Waals surface area contributed by atoms with E-state index in [0.29, 0.717) is 0 Å². The summed E-state index contributed by atoms with van der Waals surface area (Å²) in [5, 5.41) is 7.82. The van der Waals surface area contributed by atoms with Gasteiger partial charge in [-0.1, -0.05) is 91.0 Å². The zero-order chi connectivity index (χ0) is 21.9. The van der Waals surface area contributed by atoms with Crippen molar-refractivity contribution in [3.63, 3.8) is 0 Å². The molecule has 2 nitrogen and oxygen atoms in total. The van der Waals surface area contributed by atoms with Gasteiger partial charge in [-0.2, -0.15) is 0 Å². The van der Waals surface area contributed by atoms with Gasteiger partial charge in [0.15, 0.2) is 0 Å². The number of rotatable bonds is 2. The van der Waals surface area contributed by atoms with E-state index >= 15 is 0 Å². The zero-order valence-corrected chi connectivity index (χ0v) is 18.2. The Hall–Kier alpha value is -4.30. The topological polar surface area (TPSA) is 25.8 Å². The Balaban J connectivity index is 1.46. The van der Waals surface area contributed by atoms with Gasteiger partial charge in [0.2, 0.25) is 0 Å². The highest BCUT2D eigenvalue weighted by molar-refractivity contribution is 6.25. The lowest BCUT2D eigenvalue weighted by molar-refractivity contribution is 1.19. The number of benzene rings is 6. The maximum absolute atomic E-state index is 4.95. The summed E-state index contributed by atoms with van der Waals surface area (Å²) < 4.78 is 0. The maximum atomic E-state index is 4.95. The van der Waals surface area contributed by atoms with Gasteiger partial charge in [0.25, 0.3) is 0 Å². The molecule has 0 fully saturated rings. The first-order chi connectivity index (χ1) is 16.3. The summed E-state index contributed by atoms with van der Waals surface area (Å²) >= 11 is 0. The molecule has 6 aromatic carbocycles. The second-order valence-electron chi connectivity index (χ2n) is 8.70. The van der Waals surface area contributed by atoms with E-state index in [1.165, 1.54) is 43.4 Å². The molecule has 0 aliphatic carbocycles. The highest BCUT2D eigenvalue weighted by atomic mass is 14.8. The average Bonchev–Trinajstić information content (AvgIpc) is 2.87. The summed E-state index contributed by atoms with van der Waals surface area (Å²) in [6.45, 7) is 2.04. The Morgan fingerprint density at radius 3 is 2.06 bits per heavy atom. The van der Waals surface area contributed by atoms with Gasteiger partial charge >= 0.3 is 0 Å². The molecule has 154 valence electrons. The van der Waals surface area contributed by atoms with Crippen LogP contribution in [0.4, 0.5) is 0 Å². The van der Waals surface area contributed by atoms with Crippen molar-refractivity contribution < 1.29 is 0 Å². The summed E-state index contributed by atoms with van der Waals surface area (Å²) in [5.41, 5.74) is 7.23. The van der Waals surface area contributed by atoms with Crippen LogP contribution in [-0.4, -0.2) is 9.97 Å². The number of nitrogens with zero attached hydrogens (tertiary/aromatic N) is 2. The number of hydrogen-bond donors (Lipinski definition) is 0. The molecule has 2 heteroatoms. The molecule has 0 saturated carbocycles. The quantitative estimate of drug-likeness (QED) is 0.264. The van der Waals surface area contributed by atoms with Gasteiger partial charge in [0.1, 0.15) is 0 Å². The fraction of sp³-hybridized carbons (Fsp3) is 0.0323. The molecule has 33 heavy (non-hydrogen) atoms. The molecule has 0 saturated heterocycles. The highest BCUT2D eigenvalue weighted by Gasteiger charge is 2.13. The van der Waals surface area contributed by atoms with E-state index in [1.807, 2.05) is 25.1 Å². The minimum Gasteiger partial charge on any atom is -0.249 e. The van der Waals surface area contributed by atoms with E-state index in [9.17, 15) is 0 Å². The predicted octanol–water partition coefficient (Wildman–Crippen LogP) is 8.17. The number of fused-ring (bicyclic) bond motifs is 1. The first-order valence-electron chi connectivity index (χ1n) is 11.3. The van der Waals surface area contributed by atoms with Crippen molar-refractivity contribution in [2.75, 3.05) is 0 Å². The second-order valence-corrected chi connectivity index (χ2v) is 8.70. The van der Waals surface area contributed by atoms with E-state index in [2.05, 4.69) is 84.9 Å². The van der Waals surface area contributed by atoms with Gasteiger partial charge in [-0.15, -0.1) is 0 Å². The third-order valence-electron chi connectivity index (χ3n) is 6.73. The van der Waals surface area contributed by atoms with Crippen LogP contribution < -0.4 is 0 Å². The number of aromatic nitrogens is 2. The molecule has 0 radical (unpaired) electrons. The van der Waals surface area contributed by atoms with Crippen LogP contribution in [0.5, 0.6) is 0 Å². The van der Waals surface area contributed by atoms with Crippen molar-refractivity contribution >= 4 is 43.4 Å². The van der Waals surface area contributed by atoms with Crippen LogP contribution in [0.25, 0.3) is 65.7 Å². The number of aryl methyl sites for hydroxylation is 1. The summed E-state index contributed by atoms with van der Waals surface area (Å²) in [6, 6.07) is 36.7. The van der Waals surface area contributed by atoms with Crippen LogP contribution in [0, 0.1) is 6.92 Å². The molecule has 1 heterocycles. The highest BCUT2D eigenvalue weighted by Crippen LogP contribution is 2.39. The molecule has 0 bridgehead atoms. The molecule has 7 rings (SSSR count). The zero-order valence-electron chi connectivity index (χ0n) is 18.2. The first-order valence-corrected chi connectivity index (χ1v) is 11.3. The Labute approximate surface area is 191 Å². The van der Waals surface area contributed by atoms with Crippen molar-refractivity contribution in [2.24, 2.45) is 0 Å². The smallest absolute Gasteiger partial charge is 0.0922 e. The van der Waals surface area contributed by atoms with Gasteiger partial charge in [-0.3, -0.25) is 0 Å². The summed E-state index contributed by atoms with van der Waals surface area (Å²) in [6.07, 6.45) is 0. The van der Waals surface area contributed by atoms with Crippen LogP contribution in [-0.2, 0) is 0 Å². The van der Waals surface area contributed by atoms with Crippen LogP contribution in [0.1, 0.15) is 5.69 Å². The molecule has 0 aliphatic rings. The second kappa shape index (κ2) is 6.85. The Bertz CT molecular complexity index is 1800. The third-order valence-corrected chi connectivity index (χ3v) is 6.73. The Kier molecular flexibility index (Phi) is 3.80. The predicted molar refractivity (Wildman–Crippen MR) is 139 cm³/mol. The molecule has 0 spiro atoms. The van der Waals surface area contributed by atoms with Crippen LogP contribution in [0.15, 0.2) is 103 Å². The lowest BCUT2D eigenvalue weighted by atomic mass is 9.90. The third kappa shape index (κ3) is 2.74. The Morgan fingerprint density at radius 1 is 0.515 bits per heavy atom. The first kappa shape index (κ1) is 18.3. The van der Waals surface area contributed by atoms with Gasteiger partial charge in [0, 0.05) is 5.56 Å². The van der Waals surface area contributed by atoms with Crippen molar-refractivity contribution in [1.82, 2.24) is 9.97 Å². The van der Waals surface area contributed by atoms with Gasteiger partial charge in [-0.05, 0) is 62.5 Å². The van der Waals surface area contributed by atoms with E-state index in [1.54, 1.807) is 0 Å². The lowest BCUT2D eigenvalue weighted by Gasteiger charge is -2.14. The van der Waals surface area contributed by atoms with Crippen molar-refractivity contribution in [2.45, 2.75) is 6.92 Å². The van der Waals surface area contributed by atoms with Gasteiger partial charge in [-0.25, -0.2) is 9.97 Å². The fourth-order valence-electron chi connectivity index (χ4n) is 5.17. The van der Waals surface area contributed by atoms with E-state index in [-0.39, 0.29) is 0 Å². The molecule has 0 amide bonds. The maximum Gasteiger partial charge on any atom is 0.0922 e. The molecule has 0 atom stereocenters. The van der Waals surface area contributed by atoms with Crippen molar-refractivity contribution in [3.05, 3.63) is 109 Å². The van der Waals surface area contributed by atoms with Crippen molar-refractivity contribution in [3.8, 4) is 22.4 Å². The van der Waals surface area contributed by atoms with E-state index in [0.717, 1.165) is 28.0 Å². The molecular weight excluding hydrogens is 400 g/mol. The number of hydrogen-bond acceptors (Lipinski definition) is 2. The summed E-state index contributed by atoms with van der Waals surface area (Å²) in [5.74, 6) is 0. The fourth-order valence-corrected chi connectivity index (χ4v) is 5.17. The Morgan fingerprint density at radius 2 is 1.24 bits per heavy atom. The summed E-state index contributed by atoms with van der Waals surface area (Å²) in [4.78, 5) is 9.88. The van der Waals surface area contributed by atoms with Gasteiger partial charge < -0.3 is 0 Å². The normalized spacial score (nSPS) is 11.8. The molecule has 1 aromatic heterocycles. The minimum atomic E-state index is 0.918. The largest absolute Gasteiger partial charge is 0.249 e. The monoisotopic (exact) mass is 420 g/mol.